The van der Waals surface area contributed by atoms with Crippen LogP contribution in [0.25, 0.3) is 0 Å². The second-order valence-electron chi connectivity index (χ2n) is 2.97. The highest BCUT2D eigenvalue weighted by Crippen LogP contribution is 1.85. The van der Waals surface area contributed by atoms with Crippen molar-refractivity contribution in [2.75, 3.05) is 13.1 Å². The zero-order valence-electron chi connectivity index (χ0n) is 9.59. The van der Waals surface area contributed by atoms with Gasteiger partial charge in [0.25, 0.3) is 5.29 Å². The quantitative estimate of drug-likeness (QED) is 0.126. The Bertz CT molecular complexity index is 155. The summed E-state index contributed by atoms with van der Waals surface area (Å²) in [5.41, 5.74) is 6.09. The SMILES string of the molecule is CCCCNCCCC.N=NC(Cl)=NN. The highest BCUT2D eigenvalue weighted by molar-refractivity contribution is 6.64. The lowest BCUT2D eigenvalue weighted by Gasteiger charge is -1.99. The fraction of sp³-hybridized carbons (Fsp3) is 0.889. The number of halogens is 1. The van der Waals surface area contributed by atoms with Gasteiger partial charge in [0.05, 0.1) is 0 Å². The molecule has 0 aliphatic rings. The standard InChI is InChI=1S/C8H19N.CH3ClN4/c1-3-5-7-9-8-6-4-2;2-1(5-3)6-4/h9H,3-8H2,1-2H3;3H,4H2. The van der Waals surface area contributed by atoms with Gasteiger partial charge >= 0.3 is 0 Å². The minimum atomic E-state index is -0.241. The first kappa shape index (κ1) is 16.7. The zero-order valence-corrected chi connectivity index (χ0v) is 10.3. The normalized spacial score (nSPS) is 10.5. The Labute approximate surface area is 97.0 Å². The molecule has 0 heterocycles. The molecule has 0 aromatic heterocycles. The van der Waals surface area contributed by atoms with Crippen molar-refractivity contribution in [1.29, 1.82) is 5.53 Å². The van der Waals surface area contributed by atoms with Crippen molar-refractivity contribution in [1.82, 2.24) is 5.32 Å². The minimum Gasteiger partial charge on any atom is -0.320 e. The molecule has 0 fully saturated rings. The number of nitrogens with one attached hydrogen (secondary N) is 2. The number of hydrazone groups is 1. The average Bonchev–Trinajstić information content (AvgIpc) is 2.29. The van der Waals surface area contributed by atoms with Crippen molar-refractivity contribution in [3.63, 3.8) is 0 Å². The number of unbranched alkanes of at least 4 members (excludes halogenated alkanes) is 2. The largest absolute Gasteiger partial charge is 0.320 e. The van der Waals surface area contributed by atoms with Crippen LogP contribution in [0.5, 0.6) is 0 Å². The van der Waals surface area contributed by atoms with Gasteiger partial charge in [-0.1, -0.05) is 26.7 Å². The molecular formula is C9H22ClN5. The first-order chi connectivity index (χ1) is 7.22. The lowest BCUT2D eigenvalue weighted by molar-refractivity contribution is 0.611. The molecule has 0 aliphatic heterocycles. The third-order valence-electron chi connectivity index (χ3n) is 1.61. The van der Waals surface area contributed by atoms with E-state index in [0.717, 1.165) is 0 Å². The van der Waals surface area contributed by atoms with E-state index in [0.29, 0.717) is 0 Å². The molecule has 0 saturated carbocycles. The van der Waals surface area contributed by atoms with E-state index >= 15 is 0 Å². The molecule has 0 atom stereocenters. The number of rotatable bonds is 6. The lowest BCUT2D eigenvalue weighted by atomic mass is 10.3. The third kappa shape index (κ3) is 19.7. The van der Waals surface area contributed by atoms with E-state index in [1.807, 2.05) is 0 Å². The summed E-state index contributed by atoms with van der Waals surface area (Å²) in [6, 6.07) is 0. The fourth-order valence-corrected chi connectivity index (χ4v) is 0.757. The van der Waals surface area contributed by atoms with Crippen LogP contribution in [0.3, 0.4) is 0 Å². The van der Waals surface area contributed by atoms with Crippen LogP contribution in [0.15, 0.2) is 10.2 Å². The monoisotopic (exact) mass is 235 g/mol. The van der Waals surface area contributed by atoms with Crippen LogP contribution in [0.2, 0.25) is 0 Å². The number of nitrogens with two attached hydrogens (primary N) is 1. The molecule has 0 unspecified atom stereocenters. The van der Waals surface area contributed by atoms with Crippen LogP contribution in [-0.4, -0.2) is 18.4 Å². The molecule has 0 bridgehead atoms. The molecule has 0 amide bonds. The van der Waals surface area contributed by atoms with Crippen LogP contribution >= 0.6 is 11.6 Å². The van der Waals surface area contributed by atoms with Crippen LogP contribution < -0.4 is 11.2 Å². The Morgan fingerprint density at radius 3 is 1.93 bits per heavy atom. The molecule has 0 rings (SSSR count). The predicted octanol–water partition coefficient (Wildman–Crippen LogP) is 2.66. The molecule has 4 N–H and O–H groups in total. The summed E-state index contributed by atoms with van der Waals surface area (Å²) in [5, 5.41) is 8.63. The number of hydrogen-bond acceptors (Lipinski definition) is 4. The molecule has 6 heteroatoms. The van der Waals surface area contributed by atoms with Gasteiger partial charge in [-0.25, -0.2) is 5.53 Å². The zero-order chi connectivity index (χ0) is 11.9. The second kappa shape index (κ2) is 15.8. The van der Waals surface area contributed by atoms with E-state index in [9.17, 15) is 0 Å². The average molecular weight is 236 g/mol. The number of amidine groups is 1. The Hall–Kier alpha value is -0.680. The summed E-state index contributed by atoms with van der Waals surface area (Å²) in [4.78, 5) is 0. The highest BCUT2D eigenvalue weighted by Gasteiger charge is 1.83. The molecule has 0 spiro atoms. The third-order valence-corrected chi connectivity index (χ3v) is 1.80. The number of nitrogens with zero attached hydrogens (tertiary/aromatic N) is 2. The van der Waals surface area contributed by atoms with Crippen molar-refractivity contribution < 1.29 is 0 Å². The molecule has 0 aromatic carbocycles. The van der Waals surface area contributed by atoms with Crippen molar-refractivity contribution in [2.24, 2.45) is 16.1 Å². The van der Waals surface area contributed by atoms with E-state index in [1.54, 1.807) is 0 Å². The van der Waals surface area contributed by atoms with Crippen molar-refractivity contribution in [3.8, 4) is 0 Å². The summed E-state index contributed by atoms with van der Waals surface area (Å²) in [7, 11) is 0. The summed E-state index contributed by atoms with van der Waals surface area (Å²) in [6.07, 6.45) is 5.26. The first-order valence-corrected chi connectivity index (χ1v) is 5.62. The lowest BCUT2D eigenvalue weighted by Crippen LogP contribution is -2.15. The van der Waals surface area contributed by atoms with E-state index < -0.39 is 0 Å². The highest BCUT2D eigenvalue weighted by atomic mass is 35.5. The number of hydrogen-bond donors (Lipinski definition) is 3. The van der Waals surface area contributed by atoms with Crippen LogP contribution in [-0.2, 0) is 0 Å². The van der Waals surface area contributed by atoms with Gasteiger partial charge in [0.1, 0.15) is 0 Å². The van der Waals surface area contributed by atoms with Gasteiger partial charge in [0.2, 0.25) is 0 Å². The van der Waals surface area contributed by atoms with Crippen molar-refractivity contribution in [3.05, 3.63) is 0 Å². The Morgan fingerprint density at radius 2 is 1.73 bits per heavy atom. The molecule has 15 heavy (non-hydrogen) atoms. The molecule has 5 nitrogen and oxygen atoms in total. The van der Waals surface area contributed by atoms with Crippen molar-refractivity contribution >= 4 is 16.9 Å². The van der Waals surface area contributed by atoms with Crippen LogP contribution in [0.1, 0.15) is 39.5 Å². The Morgan fingerprint density at radius 1 is 1.27 bits per heavy atom. The van der Waals surface area contributed by atoms with E-state index in [-0.39, 0.29) is 5.29 Å². The van der Waals surface area contributed by atoms with E-state index in [4.69, 9.17) is 17.1 Å². The van der Waals surface area contributed by atoms with Gasteiger partial charge < -0.3 is 11.2 Å². The van der Waals surface area contributed by atoms with Crippen LogP contribution in [0.4, 0.5) is 0 Å². The molecule has 0 saturated heterocycles. The second-order valence-corrected chi connectivity index (χ2v) is 3.31. The van der Waals surface area contributed by atoms with Gasteiger partial charge in [-0.05, 0) is 37.5 Å². The predicted molar refractivity (Wildman–Crippen MR) is 65.3 cm³/mol. The molecule has 90 valence electrons. The maximum absolute atomic E-state index is 6.09. The summed E-state index contributed by atoms with van der Waals surface area (Å²) in [5.74, 6) is 4.52. The minimum absolute atomic E-state index is 0.241. The van der Waals surface area contributed by atoms with Gasteiger partial charge in [-0.15, -0.1) is 10.2 Å². The van der Waals surface area contributed by atoms with E-state index in [1.165, 1.54) is 38.8 Å². The molecule has 0 aliphatic carbocycles. The van der Waals surface area contributed by atoms with Crippen LogP contribution in [0, 0.1) is 5.53 Å². The molecule has 0 radical (unpaired) electrons. The van der Waals surface area contributed by atoms with Crippen molar-refractivity contribution in [2.45, 2.75) is 39.5 Å². The van der Waals surface area contributed by atoms with Gasteiger partial charge in [0.15, 0.2) is 0 Å². The topological polar surface area (TPSA) is 86.6 Å². The summed E-state index contributed by atoms with van der Waals surface area (Å²) < 4.78 is 0. The molecule has 0 aromatic rings. The fourth-order valence-electron chi connectivity index (χ4n) is 0.757. The summed E-state index contributed by atoms with van der Waals surface area (Å²) in [6.45, 7) is 6.86. The van der Waals surface area contributed by atoms with Gasteiger partial charge in [-0.2, -0.15) is 0 Å². The van der Waals surface area contributed by atoms with Gasteiger partial charge in [-0.3, -0.25) is 0 Å². The smallest absolute Gasteiger partial charge is 0.259 e. The maximum atomic E-state index is 6.09. The summed E-state index contributed by atoms with van der Waals surface area (Å²) >= 11 is 4.92. The molecular weight excluding hydrogens is 214 g/mol. The Balaban J connectivity index is 0. The van der Waals surface area contributed by atoms with E-state index in [2.05, 4.69) is 35.2 Å². The maximum Gasteiger partial charge on any atom is 0.259 e. The first-order valence-electron chi connectivity index (χ1n) is 5.24. The Kier molecular flexibility index (Phi) is 17.6. The van der Waals surface area contributed by atoms with Gasteiger partial charge in [0, 0.05) is 0 Å².